The van der Waals surface area contributed by atoms with E-state index >= 15 is 0 Å². The van der Waals surface area contributed by atoms with Crippen LogP contribution in [0.15, 0.2) is 81.9 Å². The zero-order chi connectivity index (χ0) is 32.6. The number of esters is 1. The molecule has 46 heavy (non-hydrogen) atoms. The minimum Gasteiger partial charge on any atom is -0.466 e. The first-order chi connectivity index (χ1) is 22.1. The Hall–Kier alpha value is -4.05. The number of sulfonamides is 1. The molecule has 0 amide bonds. The second-order valence-electron chi connectivity index (χ2n) is 10.4. The predicted molar refractivity (Wildman–Crippen MR) is 165 cm³/mol. The molecule has 0 spiro atoms. The number of hydrogen-bond donors (Lipinski definition) is 1. The van der Waals surface area contributed by atoms with E-state index in [9.17, 15) is 26.4 Å². The molecule has 4 heterocycles. The molecule has 2 aromatic heterocycles. The average molecular weight is 691 g/mol. The van der Waals surface area contributed by atoms with Crippen LogP contribution in [0.5, 0.6) is 0 Å². The van der Waals surface area contributed by atoms with E-state index in [1.165, 1.54) is 35.6 Å². The third-order valence-corrected chi connectivity index (χ3v) is 10.2. The Bertz CT molecular complexity index is 1950. The second-order valence-corrected chi connectivity index (χ2v) is 13.4. The molecule has 0 radical (unpaired) electrons. The largest absolute Gasteiger partial charge is 0.466 e. The van der Waals surface area contributed by atoms with Crippen molar-refractivity contribution in [3.05, 3.63) is 105 Å². The first-order valence-corrected chi connectivity index (χ1v) is 16.8. The van der Waals surface area contributed by atoms with E-state index in [0.717, 1.165) is 12.3 Å². The number of halogens is 4. The summed E-state index contributed by atoms with van der Waals surface area (Å²) in [6.45, 7) is -0.963. The van der Waals surface area contributed by atoms with Crippen molar-refractivity contribution in [1.82, 2.24) is 24.4 Å². The summed E-state index contributed by atoms with van der Waals surface area (Å²) in [5.41, 5.74) is 1.84. The fraction of sp³-hybridized carbons (Fsp3) is 0.267. The highest BCUT2D eigenvalue weighted by Crippen LogP contribution is 2.46. The Kier molecular flexibility index (Phi) is 9.01. The quantitative estimate of drug-likeness (QED) is 0.215. The van der Waals surface area contributed by atoms with Crippen LogP contribution in [-0.4, -0.2) is 59.1 Å². The highest BCUT2D eigenvalue weighted by Gasteiger charge is 2.42. The summed E-state index contributed by atoms with van der Waals surface area (Å²) in [7, 11) is -4.16. The van der Waals surface area contributed by atoms with Gasteiger partial charge in [0.25, 0.3) is 0 Å². The van der Waals surface area contributed by atoms with Crippen LogP contribution >= 0.6 is 22.9 Å². The van der Waals surface area contributed by atoms with Crippen LogP contribution < -0.4 is 4.72 Å². The fourth-order valence-electron chi connectivity index (χ4n) is 5.60. The van der Waals surface area contributed by atoms with E-state index in [4.69, 9.17) is 21.3 Å². The number of rotatable bonds is 10. The van der Waals surface area contributed by atoms with Crippen LogP contribution in [0.2, 0.25) is 5.02 Å². The summed E-state index contributed by atoms with van der Waals surface area (Å²) < 4.78 is 77.2. The molecule has 0 unspecified atom stereocenters. The van der Waals surface area contributed by atoms with Gasteiger partial charge in [-0.2, -0.15) is 13.9 Å². The van der Waals surface area contributed by atoms with Crippen LogP contribution in [0.4, 0.5) is 13.2 Å². The summed E-state index contributed by atoms with van der Waals surface area (Å²) in [5, 5.41) is 6.47. The Morgan fingerprint density at radius 3 is 2.72 bits per heavy atom. The van der Waals surface area contributed by atoms with E-state index in [1.54, 1.807) is 41.6 Å². The molecule has 16 heteroatoms. The molecule has 2 aliphatic rings. The van der Waals surface area contributed by atoms with Gasteiger partial charge in [-0.1, -0.05) is 35.9 Å². The van der Waals surface area contributed by atoms with Crippen molar-refractivity contribution < 1.29 is 31.1 Å². The van der Waals surface area contributed by atoms with Gasteiger partial charge < -0.3 is 9.64 Å². The highest BCUT2D eigenvalue weighted by atomic mass is 35.5. The van der Waals surface area contributed by atoms with Gasteiger partial charge in [-0.25, -0.2) is 27.2 Å². The Balaban J connectivity index is 1.44. The van der Waals surface area contributed by atoms with Crippen LogP contribution in [-0.2, 0) is 26.0 Å². The molecule has 0 saturated carbocycles. The smallest absolute Gasteiger partial charge is 0.333 e. The lowest BCUT2D eigenvalue weighted by Crippen LogP contribution is -2.39. The molecular weight excluding hydrogens is 665 g/mol. The molecule has 1 saturated heterocycles. The molecule has 2 aromatic carbocycles. The third-order valence-electron chi connectivity index (χ3n) is 7.45. The molecule has 10 nitrogen and oxygen atoms in total. The summed E-state index contributed by atoms with van der Waals surface area (Å²) in [6.07, 6.45) is 2.62. The molecule has 240 valence electrons. The Morgan fingerprint density at radius 1 is 1.22 bits per heavy atom. The number of nitrogens with zero attached hydrogens (tertiary/aromatic N) is 5. The normalized spacial score (nSPS) is 18.2. The summed E-state index contributed by atoms with van der Waals surface area (Å²) >= 11 is 7.82. The number of carbonyl (C=O) groups excluding carboxylic acids is 1. The van der Waals surface area contributed by atoms with Gasteiger partial charge >= 0.3 is 12.5 Å². The first kappa shape index (κ1) is 31.9. The van der Waals surface area contributed by atoms with Crippen LogP contribution in [0, 0.1) is 5.82 Å². The summed E-state index contributed by atoms with van der Waals surface area (Å²) in [6, 6.07) is 9.80. The van der Waals surface area contributed by atoms with Gasteiger partial charge in [0, 0.05) is 58.6 Å². The van der Waals surface area contributed by atoms with E-state index in [-0.39, 0.29) is 47.2 Å². The van der Waals surface area contributed by atoms with Crippen molar-refractivity contribution in [2.24, 2.45) is 4.99 Å². The van der Waals surface area contributed by atoms with Crippen LogP contribution in [0.3, 0.4) is 0 Å². The zero-order valence-electron chi connectivity index (χ0n) is 24.1. The van der Waals surface area contributed by atoms with Gasteiger partial charge in [-0.05, 0) is 36.8 Å². The topological polar surface area (TPSA) is 119 Å². The molecule has 2 atom stereocenters. The van der Waals surface area contributed by atoms with Crippen LogP contribution in [0.1, 0.15) is 47.8 Å². The van der Waals surface area contributed by atoms with Gasteiger partial charge in [0.15, 0.2) is 10.8 Å². The van der Waals surface area contributed by atoms with Gasteiger partial charge in [-0.15, -0.1) is 11.3 Å². The van der Waals surface area contributed by atoms with Gasteiger partial charge in [-0.3, -0.25) is 9.79 Å². The second kappa shape index (κ2) is 13.0. The standard InChI is InChI=1S/C30H26ClF3N6O4S2/c1-2-44-25(41)13-17-5-3-4-6-24(17)46(42,43)38-19-15-23-26(22-9-11-40(37-22)30(33)34)27(20-8-7-18(32)14-21(20)31)36-28(39(23)16-19)29-35-10-12-45-29/h3-12,14,19,27,30,38H,2,13,15-16H2,1H3/t19-,27-/m0/s1. The van der Waals surface area contributed by atoms with Crippen molar-refractivity contribution in [3.63, 3.8) is 0 Å². The van der Waals surface area contributed by atoms with Crippen molar-refractivity contribution in [1.29, 1.82) is 0 Å². The lowest BCUT2D eigenvalue weighted by molar-refractivity contribution is -0.142. The van der Waals surface area contributed by atoms with Gasteiger partial charge in [0.2, 0.25) is 10.0 Å². The molecule has 0 aliphatic carbocycles. The highest BCUT2D eigenvalue weighted by molar-refractivity contribution is 7.89. The number of ether oxygens (including phenoxy) is 1. The molecule has 1 fully saturated rings. The van der Waals surface area contributed by atoms with E-state index in [1.807, 2.05) is 0 Å². The maximum absolute atomic E-state index is 14.1. The lowest BCUT2D eigenvalue weighted by Gasteiger charge is -2.32. The number of aliphatic imine (C=N–C) groups is 1. The monoisotopic (exact) mass is 690 g/mol. The number of thiazole rings is 1. The molecule has 0 bridgehead atoms. The minimum atomic E-state index is -4.16. The summed E-state index contributed by atoms with van der Waals surface area (Å²) in [4.78, 5) is 23.3. The number of aromatic nitrogens is 3. The number of alkyl halides is 2. The van der Waals surface area contributed by atoms with Gasteiger partial charge in [0.05, 0.1) is 23.6 Å². The van der Waals surface area contributed by atoms with Crippen molar-refractivity contribution in [3.8, 4) is 0 Å². The maximum Gasteiger partial charge on any atom is 0.333 e. The number of nitrogens with one attached hydrogen (secondary N) is 1. The molecule has 1 N–H and O–H groups in total. The van der Waals surface area contributed by atoms with Crippen molar-refractivity contribution in [2.75, 3.05) is 13.2 Å². The number of carbonyl (C=O) groups is 1. The van der Waals surface area contributed by atoms with Crippen LogP contribution in [0.25, 0.3) is 5.57 Å². The Morgan fingerprint density at radius 2 is 2.02 bits per heavy atom. The van der Waals surface area contributed by atoms with E-state index < -0.39 is 40.4 Å². The van der Waals surface area contributed by atoms with Gasteiger partial charge in [0.1, 0.15) is 11.9 Å². The SMILES string of the molecule is CCOC(=O)Cc1ccccc1S(=O)(=O)N[C@H]1CC2=C(c3ccn(C(F)F)n3)[C@H](c3ccc(F)cc3Cl)N=C(c3nccs3)N2C1. The van der Waals surface area contributed by atoms with E-state index in [0.29, 0.717) is 32.4 Å². The van der Waals surface area contributed by atoms with E-state index in [2.05, 4.69) is 14.8 Å². The molecule has 2 aliphatic heterocycles. The number of amidine groups is 1. The minimum absolute atomic E-state index is 0.0670. The lowest BCUT2D eigenvalue weighted by atomic mass is 9.92. The Labute approximate surface area is 271 Å². The fourth-order valence-corrected chi connectivity index (χ4v) is 7.97. The number of benzene rings is 2. The predicted octanol–water partition coefficient (Wildman–Crippen LogP) is 5.60. The molecule has 4 aromatic rings. The molecular formula is C30H26ClF3N6O4S2. The number of hydrogen-bond acceptors (Lipinski definition) is 9. The number of fused-ring (bicyclic) bond motifs is 1. The first-order valence-electron chi connectivity index (χ1n) is 14.1. The van der Waals surface area contributed by atoms with Crippen molar-refractivity contribution in [2.45, 2.75) is 43.3 Å². The third kappa shape index (κ3) is 6.32. The van der Waals surface area contributed by atoms with Crippen molar-refractivity contribution >= 4 is 50.3 Å². The average Bonchev–Trinajstić information content (AvgIpc) is 3.78. The summed E-state index contributed by atoms with van der Waals surface area (Å²) in [5.74, 6) is -0.710. The zero-order valence-corrected chi connectivity index (χ0v) is 26.5. The molecule has 6 rings (SSSR count). The maximum atomic E-state index is 14.1.